The maximum atomic E-state index is 9.41. The summed E-state index contributed by atoms with van der Waals surface area (Å²) in [6, 6.07) is 5.71. The molecule has 1 aliphatic rings. The van der Waals surface area contributed by atoms with Crippen molar-refractivity contribution in [1.82, 2.24) is 0 Å². The van der Waals surface area contributed by atoms with Crippen molar-refractivity contribution in [1.29, 1.82) is 5.26 Å². The van der Waals surface area contributed by atoms with E-state index in [-0.39, 0.29) is 0 Å². The zero-order chi connectivity index (χ0) is 14.1. The second-order valence-electron chi connectivity index (χ2n) is 4.25. The molecular weight excluding hydrogens is 250 g/mol. The van der Waals surface area contributed by atoms with Crippen LogP contribution in [0.5, 0.6) is 0 Å². The number of furan rings is 1. The van der Waals surface area contributed by atoms with Gasteiger partial charge >= 0.3 is 0 Å². The summed E-state index contributed by atoms with van der Waals surface area (Å²) in [7, 11) is 5.89. The highest BCUT2D eigenvalue weighted by molar-refractivity contribution is 5.30. The van der Waals surface area contributed by atoms with Gasteiger partial charge in [-0.05, 0) is 12.1 Å². The Morgan fingerprint density at radius 1 is 1.11 bits per heavy atom. The Labute approximate surface area is 111 Å². The molecule has 0 aliphatic heterocycles. The number of ether oxygens (including phenoxy) is 4. The third-order valence-electron chi connectivity index (χ3n) is 3.84. The highest BCUT2D eigenvalue weighted by Crippen LogP contribution is 2.61. The van der Waals surface area contributed by atoms with E-state index in [1.165, 1.54) is 28.4 Å². The van der Waals surface area contributed by atoms with Gasteiger partial charge in [-0.2, -0.15) is 5.26 Å². The van der Waals surface area contributed by atoms with E-state index in [1.54, 1.807) is 18.4 Å². The van der Waals surface area contributed by atoms with E-state index in [9.17, 15) is 5.26 Å². The number of nitrogens with zero attached hydrogens (tertiary/aromatic N) is 1. The lowest BCUT2D eigenvalue weighted by molar-refractivity contribution is -0.466. The summed E-state index contributed by atoms with van der Waals surface area (Å²) >= 11 is 0. The molecule has 1 fully saturated rings. The fraction of sp³-hybridized carbons (Fsp3) is 0.615. The van der Waals surface area contributed by atoms with Crippen molar-refractivity contribution in [3.8, 4) is 6.07 Å². The fourth-order valence-electron chi connectivity index (χ4n) is 3.00. The minimum absolute atomic E-state index is 0.428. The molecule has 6 heteroatoms. The molecule has 1 aromatic rings. The second-order valence-corrected chi connectivity index (χ2v) is 4.25. The zero-order valence-electron chi connectivity index (χ0n) is 11.4. The van der Waals surface area contributed by atoms with Crippen LogP contribution >= 0.6 is 0 Å². The summed E-state index contributed by atoms with van der Waals surface area (Å²) in [5, 5.41) is 9.41. The lowest BCUT2D eigenvalue weighted by Crippen LogP contribution is -2.77. The Balaban J connectivity index is 2.52. The molecule has 1 aliphatic carbocycles. The van der Waals surface area contributed by atoms with Crippen LogP contribution in [-0.4, -0.2) is 40.0 Å². The molecule has 1 saturated carbocycles. The minimum Gasteiger partial charge on any atom is -0.469 e. The van der Waals surface area contributed by atoms with E-state index in [1.807, 2.05) is 0 Å². The maximum absolute atomic E-state index is 9.41. The van der Waals surface area contributed by atoms with E-state index >= 15 is 0 Å². The zero-order valence-corrected chi connectivity index (χ0v) is 11.4. The normalized spacial score (nSPS) is 27.5. The van der Waals surface area contributed by atoms with Crippen LogP contribution in [0.1, 0.15) is 11.7 Å². The summed E-state index contributed by atoms with van der Waals surface area (Å²) in [5.41, 5.74) is 0. The first-order chi connectivity index (χ1) is 9.17. The van der Waals surface area contributed by atoms with Gasteiger partial charge in [-0.1, -0.05) is 0 Å². The number of hydrogen-bond acceptors (Lipinski definition) is 6. The van der Waals surface area contributed by atoms with Crippen LogP contribution in [0, 0.1) is 17.2 Å². The highest BCUT2D eigenvalue weighted by atomic mass is 16.8. The van der Waals surface area contributed by atoms with Gasteiger partial charge in [0.05, 0.1) is 18.3 Å². The fourth-order valence-corrected chi connectivity index (χ4v) is 3.00. The van der Waals surface area contributed by atoms with Gasteiger partial charge in [-0.15, -0.1) is 0 Å². The molecule has 19 heavy (non-hydrogen) atoms. The SMILES string of the molecule is COC1(OC)[C@H](C#N)[C@@H](c2ccco2)C1(OC)OC. The summed E-state index contributed by atoms with van der Waals surface area (Å²) in [6.07, 6.45) is 1.54. The van der Waals surface area contributed by atoms with Crippen molar-refractivity contribution < 1.29 is 23.4 Å². The summed E-state index contributed by atoms with van der Waals surface area (Å²) in [4.78, 5) is 0. The first kappa shape index (κ1) is 14.0. The smallest absolute Gasteiger partial charge is 0.241 e. The van der Waals surface area contributed by atoms with Crippen molar-refractivity contribution >= 4 is 0 Å². The van der Waals surface area contributed by atoms with Gasteiger partial charge in [-0.25, -0.2) is 0 Å². The average molecular weight is 267 g/mol. The van der Waals surface area contributed by atoms with Crippen LogP contribution in [0.15, 0.2) is 22.8 Å². The molecule has 0 N–H and O–H groups in total. The minimum atomic E-state index is -1.29. The second kappa shape index (κ2) is 4.94. The van der Waals surface area contributed by atoms with Crippen molar-refractivity contribution in [2.24, 2.45) is 5.92 Å². The van der Waals surface area contributed by atoms with Gasteiger partial charge in [0.15, 0.2) is 0 Å². The van der Waals surface area contributed by atoms with E-state index < -0.39 is 23.4 Å². The number of hydrogen-bond donors (Lipinski definition) is 0. The Kier molecular flexibility index (Phi) is 3.65. The van der Waals surface area contributed by atoms with Crippen LogP contribution in [-0.2, 0) is 18.9 Å². The molecule has 0 spiro atoms. The van der Waals surface area contributed by atoms with Crippen LogP contribution < -0.4 is 0 Å². The number of rotatable bonds is 5. The molecular formula is C13H17NO5. The molecule has 0 amide bonds. The highest BCUT2D eigenvalue weighted by Gasteiger charge is 2.78. The van der Waals surface area contributed by atoms with E-state index in [4.69, 9.17) is 23.4 Å². The molecule has 0 unspecified atom stereocenters. The Morgan fingerprint density at radius 3 is 2.05 bits per heavy atom. The molecule has 6 nitrogen and oxygen atoms in total. The van der Waals surface area contributed by atoms with Crippen LogP contribution in [0.2, 0.25) is 0 Å². The van der Waals surface area contributed by atoms with Gasteiger partial charge in [0.2, 0.25) is 11.6 Å². The van der Waals surface area contributed by atoms with Crippen molar-refractivity contribution in [3.05, 3.63) is 24.2 Å². The lowest BCUT2D eigenvalue weighted by Gasteiger charge is -2.60. The molecule has 1 aromatic heterocycles. The molecule has 104 valence electrons. The first-order valence-electron chi connectivity index (χ1n) is 5.81. The summed E-state index contributed by atoms with van der Waals surface area (Å²) in [6.45, 7) is 0. The van der Waals surface area contributed by atoms with Gasteiger partial charge in [0, 0.05) is 28.4 Å². The van der Waals surface area contributed by atoms with Crippen LogP contribution in [0.3, 0.4) is 0 Å². The van der Waals surface area contributed by atoms with Crippen molar-refractivity contribution in [3.63, 3.8) is 0 Å². The third-order valence-corrected chi connectivity index (χ3v) is 3.84. The first-order valence-corrected chi connectivity index (χ1v) is 5.81. The lowest BCUT2D eigenvalue weighted by atomic mass is 9.61. The van der Waals surface area contributed by atoms with E-state index in [0.29, 0.717) is 5.76 Å². The predicted octanol–water partition coefficient (Wildman–Crippen LogP) is 1.49. The third kappa shape index (κ3) is 1.50. The van der Waals surface area contributed by atoms with Crippen molar-refractivity contribution in [2.75, 3.05) is 28.4 Å². The molecule has 0 aromatic carbocycles. The van der Waals surface area contributed by atoms with E-state index in [2.05, 4.69) is 6.07 Å². The van der Waals surface area contributed by atoms with E-state index in [0.717, 1.165) is 0 Å². The maximum Gasteiger partial charge on any atom is 0.241 e. The topological polar surface area (TPSA) is 73.9 Å². The Morgan fingerprint density at radius 2 is 1.68 bits per heavy atom. The van der Waals surface area contributed by atoms with Crippen molar-refractivity contribution in [2.45, 2.75) is 17.5 Å². The molecule has 0 radical (unpaired) electrons. The molecule has 1 heterocycles. The standard InChI is InChI=1S/C13H17NO5/c1-15-12(16-2)9(8-14)11(10-6-5-7-19-10)13(12,17-3)18-4/h5-7,9,11H,1-4H3/t9-,11+/m1/s1. The van der Waals surface area contributed by atoms with Gasteiger partial charge < -0.3 is 23.4 Å². The summed E-state index contributed by atoms with van der Waals surface area (Å²) < 4.78 is 27.2. The van der Waals surface area contributed by atoms with Crippen LogP contribution in [0.4, 0.5) is 0 Å². The number of nitriles is 1. The van der Waals surface area contributed by atoms with Crippen LogP contribution in [0.25, 0.3) is 0 Å². The molecule has 0 saturated heterocycles. The summed E-state index contributed by atoms with van der Waals surface area (Å²) in [5.74, 6) is -2.95. The molecule has 2 rings (SSSR count). The monoisotopic (exact) mass is 267 g/mol. The quantitative estimate of drug-likeness (QED) is 0.752. The molecule has 2 atom stereocenters. The average Bonchev–Trinajstić information content (AvgIpc) is 2.94. The Hall–Kier alpha value is -1.39. The Bertz CT molecular complexity index is 456. The largest absolute Gasteiger partial charge is 0.469 e. The number of methoxy groups -OCH3 is 4. The van der Waals surface area contributed by atoms with Gasteiger partial charge in [-0.3, -0.25) is 0 Å². The predicted molar refractivity (Wildman–Crippen MR) is 64.1 cm³/mol. The van der Waals surface area contributed by atoms with Gasteiger partial charge in [0.25, 0.3) is 0 Å². The molecule has 0 bridgehead atoms. The van der Waals surface area contributed by atoms with Gasteiger partial charge in [0.1, 0.15) is 11.7 Å².